The van der Waals surface area contributed by atoms with Crippen molar-refractivity contribution < 1.29 is 9.53 Å². The third kappa shape index (κ3) is 4.00. The molecule has 0 unspecified atom stereocenters. The van der Waals surface area contributed by atoms with Gasteiger partial charge < -0.3 is 10.5 Å². The van der Waals surface area contributed by atoms with Crippen molar-refractivity contribution in [3.63, 3.8) is 0 Å². The van der Waals surface area contributed by atoms with Gasteiger partial charge in [0.1, 0.15) is 17.5 Å². The van der Waals surface area contributed by atoms with Gasteiger partial charge in [0.15, 0.2) is 0 Å². The van der Waals surface area contributed by atoms with E-state index < -0.39 is 5.97 Å². The summed E-state index contributed by atoms with van der Waals surface area (Å²) in [4.78, 5) is 16.1. The van der Waals surface area contributed by atoms with Gasteiger partial charge in [-0.05, 0) is 34.9 Å². The van der Waals surface area contributed by atoms with Gasteiger partial charge in [-0.15, -0.1) is 0 Å². The van der Waals surface area contributed by atoms with Gasteiger partial charge in [0.25, 0.3) is 0 Å². The summed E-state index contributed by atoms with van der Waals surface area (Å²) in [6.45, 7) is 0. The van der Waals surface area contributed by atoms with Crippen molar-refractivity contribution in [1.29, 1.82) is 5.26 Å². The first-order valence-electron chi connectivity index (χ1n) is 9.66. The second kappa shape index (κ2) is 8.52. The molecule has 0 saturated carbocycles. The third-order valence-corrected chi connectivity index (χ3v) is 5.06. The number of nitrogens with two attached hydrogens (primary N) is 1. The highest BCUT2D eigenvalue weighted by molar-refractivity contribution is 5.90. The summed E-state index contributed by atoms with van der Waals surface area (Å²) in [7, 11) is 1.34. The maximum atomic E-state index is 11.7. The normalized spacial score (nSPS) is 10.3. The molecule has 5 heteroatoms. The average molecular weight is 405 g/mol. The number of benzene rings is 3. The molecule has 0 fully saturated rings. The zero-order valence-electron chi connectivity index (χ0n) is 16.9. The van der Waals surface area contributed by atoms with Crippen molar-refractivity contribution in [3.8, 4) is 39.6 Å². The van der Waals surface area contributed by atoms with E-state index in [4.69, 9.17) is 10.5 Å². The lowest BCUT2D eigenvalue weighted by Crippen LogP contribution is -2.02. The molecular weight excluding hydrogens is 386 g/mol. The fourth-order valence-corrected chi connectivity index (χ4v) is 3.43. The highest BCUT2D eigenvalue weighted by Gasteiger charge is 2.14. The molecule has 5 nitrogen and oxygen atoms in total. The van der Waals surface area contributed by atoms with Crippen LogP contribution in [0.5, 0.6) is 0 Å². The van der Waals surface area contributed by atoms with E-state index in [0.29, 0.717) is 22.4 Å². The summed E-state index contributed by atoms with van der Waals surface area (Å²) in [6.07, 6.45) is 0. The van der Waals surface area contributed by atoms with Crippen molar-refractivity contribution >= 4 is 11.8 Å². The molecule has 0 bridgehead atoms. The van der Waals surface area contributed by atoms with Crippen LogP contribution in [0.3, 0.4) is 0 Å². The molecule has 0 saturated heterocycles. The molecular formula is C26H19N3O2. The molecule has 0 aliphatic heterocycles. The number of nitriles is 1. The fraction of sp³-hybridized carbons (Fsp3) is 0.0385. The van der Waals surface area contributed by atoms with E-state index in [1.54, 1.807) is 24.3 Å². The predicted octanol–water partition coefficient (Wildman–Crippen LogP) is 5.32. The maximum absolute atomic E-state index is 11.7. The van der Waals surface area contributed by atoms with Gasteiger partial charge in [-0.1, -0.05) is 66.7 Å². The summed E-state index contributed by atoms with van der Waals surface area (Å²) in [6, 6.07) is 29.0. The second-order valence-electron chi connectivity index (χ2n) is 6.94. The zero-order chi connectivity index (χ0) is 21.8. The van der Waals surface area contributed by atoms with Crippen molar-refractivity contribution in [2.24, 2.45) is 0 Å². The number of rotatable bonds is 4. The Labute approximate surface area is 180 Å². The van der Waals surface area contributed by atoms with E-state index in [2.05, 4.69) is 23.2 Å². The fourth-order valence-electron chi connectivity index (χ4n) is 3.43. The first-order chi connectivity index (χ1) is 15.1. The lowest BCUT2D eigenvalue weighted by Gasteiger charge is -2.11. The number of nitrogens with zero attached hydrogens (tertiary/aromatic N) is 2. The van der Waals surface area contributed by atoms with Crippen LogP contribution >= 0.6 is 0 Å². The van der Waals surface area contributed by atoms with Gasteiger partial charge in [0.2, 0.25) is 0 Å². The molecule has 0 spiro atoms. The number of aromatic nitrogens is 1. The van der Waals surface area contributed by atoms with E-state index >= 15 is 0 Å². The third-order valence-electron chi connectivity index (χ3n) is 5.06. The number of methoxy groups -OCH3 is 1. The summed E-state index contributed by atoms with van der Waals surface area (Å²) in [5, 5.41) is 9.62. The number of carbonyl (C=O) groups excluding carboxylic acids is 1. The Bertz CT molecular complexity index is 1270. The van der Waals surface area contributed by atoms with Gasteiger partial charge >= 0.3 is 5.97 Å². The Morgan fingerprint density at radius 3 is 2.06 bits per heavy atom. The van der Waals surface area contributed by atoms with Gasteiger partial charge in [-0.2, -0.15) is 5.26 Å². The van der Waals surface area contributed by atoms with Crippen molar-refractivity contribution in [2.75, 3.05) is 12.8 Å². The van der Waals surface area contributed by atoms with Crippen LogP contribution in [0, 0.1) is 11.3 Å². The molecule has 31 heavy (non-hydrogen) atoms. The predicted molar refractivity (Wildman–Crippen MR) is 121 cm³/mol. The Kier molecular flexibility index (Phi) is 5.46. The van der Waals surface area contributed by atoms with E-state index in [0.717, 1.165) is 22.3 Å². The van der Waals surface area contributed by atoms with E-state index in [1.165, 1.54) is 7.11 Å². The van der Waals surface area contributed by atoms with Crippen LogP contribution in [0.25, 0.3) is 33.5 Å². The van der Waals surface area contributed by atoms with Gasteiger partial charge in [0, 0.05) is 11.1 Å². The highest BCUT2D eigenvalue weighted by atomic mass is 16.5. The number of hydrogen-bond acceptors (Lipinski definition) is 5. The largest absolute Gasteiger partial charge is 0.465 e. The van der Waals surface area contributed by atoms with Crippen LogP contribution in [0.2, 0.25) is 0 Å². The standard InChI is InChI=1S/C26H19N3O2/c1-31-26(30)21-13-9-19(10-14-21)22-15-24(29-25(28)23(22)16-27)20-11-7-18(8-12-20)17-5-3-2-4-6-17/h2-15H,1H3,(H2,28,29). The molecule has 4 aromatic rings. The summed E-state index contributed by atoms with van der Waals surface area (Å²) in [5.74, 6) is -0.250. The van der Waals surface area contributed by atoms with E-state index in [-0.39, 0.29) is 5.82 Å². The molecule has 0 amide bonds. The minimum Gasteiger partial charge on any atom is -0.465 e. The van der Waals surface area contributed by atoms with Crippen LogP contribution in [-0.2, 0) is 4.74 Å². The van der Waals surface area contributed by atoms with Crippen LogP contribution in [0.1, 0.15) is 15.9 Å². The minimum absolute atomic E-state index is 0.166. The first kappa shape index (κ1) is 19.9. The van der Waals surface area contributed by atoms with Gasteiger partial charge in [-0.25, -0.2) is 9.78 Å². The Hall–Kier alpha value is -4.43. The topological polar surface area (TPSA) is 89.0 Å². The molecule has 0 atom stereocenters. The number of hydrogen-bond donors (Lipinski definition) is 1. The number of anilines is 1. The SMILES string of the molecule is COC(=O)c1ccc(-c2cc(-c3ccc(-c4ccccc4)cc3)nc(N)c2C#N)cc1. The molecule has 0 radical (unpaired) electrons. The van der Waals surface area contributed by atoms with Crippen LogP contribution in [0.15, 0.2) is 84.9 Å². The lowest BCUT2D eigenvalue weighted by molar-refractivity contribution is 0.0601. The van der Waals surface area contributed by atoms with Gasteiger partial charge in [0.05, 0.1) is 18.4 Å². The molecule has 3 aromatic carbocycles. The number of esters is 1. The number of carbonyl (C=O) groups is 1. The molecule has 150 valence electrons. The van der Waals surface area contributed by atoms with Crippen molar-refractivity contribution in [2.45, 2.75) is 0 Å². The maximum Gasteiger partial charge on any atom is 0.337 e. The van der Waals surface area contributed by atoms with Crippen molar-refractivity contribution in [3.05, 3.63) is 96.1 Å². The summed E-state index contributed by atoms with van der Waals surface area (Å²) >= 11 is 0. The minimum atomic E-state index is -0.416. The van der Waals surface area contributed by atoms with Crippen LogP contribution < -0.4 is 5.73 Å². The molecule has 2 N–H and O–H groups in total. The second-order valence-corrected chi connectivity index (χ2v) is 6.94. The van der Waals surface area contributed by atoms with Gasteiger partial charge in [-0.3, -0.25) is 0 Å². The van der Waals surface area contributed by atoms with E-state index in [9.17, 15) is 10.1 Å². The molecule has 0 aliphatic carbocycles. The smallest absolute Gasteiger partial charge is 0.337 e. The number of nitrogen functional groups attached to an aromatic ring is 1. The number of pyridine rings is 1. The monoisotopic (exact) mass is 405 g/mol. The Morgan fingerprint density at radius 1 is 0.871 bits per heavy atom. The molecule has 1 heterocycles. The van der Waals surface area contributed by atoms with Crippen molar-refractivity contribution in [1.82, 2.24) is 4.98 Å². The highest BCUT2D eigenvalue weighted by Crippen LogP contribution is 2.32. The zero-order valence-corrected chi connectivity index (χ0v) is 16.9. The number of ether oxygens (including phenoxy) is 1. The van der Waals surface area contributed by atoms with Crippen LogP contribution in [-0.4, -0.2) is 18.1 Å². The lowest BCUT2D eigenvalue weighted by atomic mass is 9.97. The molecule has 0 aliphatic rings. The quantitative estimate of drug-likeness (QED) is 0.464. The molecule has 4 rings (SSSR count). The van der Waals surface area contributed by atoms with Crippen LogP contribution in [0.4, 0.5) is 5.82 Å². The average Bonchev–Trinajstić information content (AvgIpc) is 2.84. The Morgan fingerprint density at radius 2 is 1.45 bits per heavy atom. The summed E-state index contributed by atoms with van der Waals surface area (Å²) < 4.78 is 4.74. The Balaban J connectivity index is 1.74. The van der Waals surface area contributed by atoms with E-state index in [1.807, 2.05) is 48.5 Å². The summed E-state index contributed by atoms with van der Waals surface area (Å²) in [5.41, 5.74) is 12.1. The molecule has 1 aromatic heterocycles. The first-order valence-corrected chi connectivity index (χ1v) is 9.66.